The van der Waals surface area contributed by atoms with Crippen LogP contribution < -0.4 is 0 Å². The third kappa shape index (κ3) is 1.83. The number of carbonyl (C=O) groups is 1. The zero-order valence-electron chi connectivity index (χ0n) is 5.96. The molecule has 1 aromatic rings. The number of methoxy groups -OCH3 is 1. The fourth-order valence-corrected chi connectivity index (χ4v) is 0.970. The third-order valence-corrected chi connectivity index (χ3v) is 1.76. The molecule has 0 saturated carbocycles. The van der Waals surface area contributed by atoms with Crippen molar-refractivity contribution in [2.24, 2.45) is 0 Å². The lowest BCUT2D eigenvalue weighted by atomic mass is 10.3. The summed E-state index contributed by atoms with van der Waals surface area (Å²) in [7, 11) is 1.34. The Morgan fingerprint density at radius 1 is 1.82 bits per heavy atom. The zero-order valence-corrected chi connectivity index (χ0v) is 7.55. The van der Waals surface area contributed by atoms with Crippen molar-refractivity contribution in [1.82, 2.24) is 0 Å². The summed E-state index contributed by atoms with van der Waals surface area (Å²) in [5, 5.41) is 0.601. The topological polar surface area (TPSA) is 39.4 Å². The molecule has 0 aromatic carbocycles. The summed E-state index contributed by atoms with van der Waals surface area (Å²) in [6.07, 6.45) is 1.38. The second-order valence-electron chi connectivity index (χ2n) is 1.93. The van der Waals surface area contributed by atoms with E-state index in [9.17, 15) is 4.79 Å². The van der Waals surface area contributed by atoms with Crippen LogP contribution in [0.5, 0.6) is 0 Å². The first-order valence-electron chi connectivity index (χ1n) is 2.99. The molecule has 4 heteroatoms. The van der Waals surface area contributed by atoms with Crippen molar-refractivity contribution in [2.45, 2.75) is 5.33 Å². The smallest absolute Gasteiger partial charge is 0.341 e. The highest BCUT2D eigenvalue weighted by Crippen LogP contribution is 2.11. The molecule has 11 heavy (non-hydrogen) atoms. The van der Waals surface area contributed by atoms with Crippen LogP contribution in [0, 0.1) is 0 Å². The van der Waals surface area contributed by atoms with Crippen LogP contribution in [0.3, 0.4) is 0 Å². The second kappa shape index (κ2) is 3.57. The van der Waals surface area contributed by atoms with Gasteiger partial charge in [-0.1, -0.05) is 15.9 Å². The van der Waals surface area contributed by atoms with Crippen molar-refractivity contribution in [3.8, 4) is 0 Å². The molecule has 0 aliphatic carbocycles. The molecule has 0 atom stereocenters. The summed E-state index contributed by atoms with van der Waals surface area (Å²) in [4.78, 5) is 10.8. The SMILES string of the molecule is COC(=O)c1coc(CBr)c1. The Bertz CT molecular complexity index is 254. The van der Waals surface area contributed by atoms with Crippen LogP contribution in [0.1, 0.15) is 16.1 Å². The van der Waals surface area contributed by atoms with Gasteiger partial charge < -0.3 is 9.15 Å². The van der Waals surface area contributed by atoms with E-state index in [1.165, 1.54) is 13.4 Å². The maximum absolute atomic E-state index is 10.8. The molecule has 3 nitrogen and oxygen atoms in total. The number of hydrogen-bond donors (Lipinski definition) is 0. The predicted octanol–water partition coefficient (Wildman–Crippen LogP) is 1.96. The van der Waals surface area contributed by atoms with Crippen molar-refractivity contribution in [3.05, 3.63) is 23.7 Å². The Labute approximate surface area is 72.5 Å². The van der Waals surface area contributed by atoms with Gasteiger partial charge >= 0.3 is 5.97 Å². The summed E-state index contributed by atoms with van der Waals surface area (Å²) in [5.74, 6) is 0.339. The number of furan rings is 1. The average Bonchev–Trinajstić information content (AvgIpc) is 2.50. The molecular formula is C7H7BrO3. The quantitative estimate of drug-likeness (QED) is 0.563. The highest BCUT2D eigenvalue weighted by Gasteiger charge is 2.08. The molecule has 1 heterocycles. The van der Waals surface area contributed by atoms with Gasteiger partial charge in [-0.3, -0.25) is 0 Å². The Morgan fingerprint density at radius 3 is 3.00 bits per heavy atom. The fraction of sp³-hybridized carbons (Fsp3) is 0.286. The van der Waals surface area contributed by atoms with Crippen molar-refractivity contribution in [3.63, 3.8) is 0 Å². The third-order valence-electron chi connectivity index (χ3n) is 1.21. The van der Waals surface area contributed by atoms with Crippen LogP contribution >= 0.6 is 15.9 Å². The van der Waals surface area contributed by atoms with Crippen LogP contribution in [0.4, 0.5) is 0 Å². The minimum absolute atomic E-state index is 0.374. The number of carbonyl (C=O) groups excluding carboxylic acids is 1. The van der Waals surface area contributed by atoms with Gasteiger partial charge in [0, 0.05) is 0 Å². The van der Waals surface area contributed by atoms with Crippen molar-refractivity contribution in [1.29, 1.82) is 0 Å². The molecule has 0 aliphatic heterocycles. The van der Waals surface area contributed by atoms with E-state index in [0.29, 0.717) is 16.7 Å². The lowest BCUT2D eigenvalue weighted by Crippen LogP contribution is -1.98. The average molecular weight is 219 g/mol. The van der Waals surface area contributed by atoms with Gasteiger partial charge in [0.05, 0.1) is 18.0 Å². The van der Waals surface area contributed by atoms with E-state index in [4.69, 9.17) is 4.42 Å². The van der Waals surface area contributed by atoms with Crippen LogP contribution in [0.15, 0.2) is 16.7 Å². The normalized spacial score (nSPS) is 9.64. The molecule has 1 rings (SSSR count). The maximum atomic E-state index is 10.8. The molecule has 0 saturated heterocycles. The number of esters is 1. The molecule has 0 aliphatic rings. The Morgan fingerprint density at radius 2 is 2.55 bits per heavy atom. The molecule has 0 fully saturated rings. The van der Waals surface area contributed by atoms with Gasteiger partial charge in [-0.25, -0.2) is 4.79 Å². The first-order chi connectivity index (χ1) is 5.27. The molecular weight excluding hydrogens is 212 g/mol. The highest BCUT2D eigenvalue weighted by molar-refractivity contribution is 9.08. The lowest BCUT2D eigenvalue weighted by molar-refractivity contribution is 0.0600. The van der Waals surface area contributed by atoms with E-state index in [1.807, 2.05) is 0 Å². The van der Waals surface area contributed by atoms with Crippen molar-refractivity contribution < 1.29 is 13.9 Å². The summed E-state index contributed by atoms with van der Waals surface area (Å²) in [5.41, 5.74) is 0.446. The van der Waals surface area contributed by atoms with Gasteiger partial charge in [0.1, 0.15) is 12.0 Å². The van der Waals surface area contributed by atoms with Crippen LogP contribution in [-0.4, -0.2) is 13.1 Å². The molecule has 0 bridgehead atoms. The second-order valence-corrected chi connectivity index (χ2v) is 2.49. The summed E-state index contributed by atoms with van der Waals surface area (Å²) < 4.78 is 9.47. The monoisotopic (exact) mass is 218 g/mol. The van der Waals surface area contributed by atoms with Crippen LogP contribution in [-0.2, 0) is 10.1 Å². The van der Waals surface area contributed by atoms with Crippen molar-refractivity contribution in [2.75, 3.05) is 7.11 Å². The van der Waals surface area contributed by atoms with E-state index >= 15 is 0 Å². The zero-order chi connectivity index (χ0) is 8.27. The van der Waals surface area contributed by atoms with Crippen LogP contribution in [0.2, 0.25) is 0 Å². The summed E-state index contributed by atoms with van der Waals surface area (Å²) >= 11 is 3.20. The van der Waals surface area contributed by atoms with Gasteiger partial charge in [0.25, 0.3) is 0 Å². The van der Waals surface area contributed by atoms with Gasteiger partial charge in [-0.05, 0) is 6.07 Å². The van der Waals surface area contributed by atoms with E-state index in [1.54, 1.807) is 6.07 Å². The highest BCUT2D eigenvalue weighted by atomic mass is 79.9. The largest absolute Gasteiger partial charge is 0.468 e. The van der Waals surface area contributed by atoms with E-state index in [0.717, 1.165) is 0 Å². The summed E-state index contributed by atoms with van der Waals surface area (Å²) in [6.45, 7) is 0. The number of rotatable bonds is 2. The molecule has 0 amide bonds. The van der Waals surface area contributed by atoms with Gasteiger partial charge in [0.2, 0.25) is 0 Å². The molecule has 0 N–H and O–H groups in total. The first kappa shape index (κ1) is 8.33. The Balaban J connectivity index is 2.80. The predicted molar refractivity (Wildman–Crippen MR) is 42.7 cm³/mol. The molecule has 0 unspecified atom stereocenters. The minimum Gasteiger partial charge on any atom is -0.468 e. The lowest BCUT2D eigenvalue weighted by Gasteiger charge is -1.89. The molecule has 0 radical (unpaired) electrons. The number of ether oxygens (including phenoxy) is 1. The summed E-state index contributed by atoms with van der Waals surface area (Å²) in [6, 6.07) is 1.64. The molecule has 60 valence electrons. The number of halogens is 1. The molecule has 0 spiro atoms. The van der Waals surface area contributed by atoms with E-state index in [-0.39, 0.29) is 5.97 Å². The minimum atomic E-state index is -0.374. The van der Waals surface area contributed by atoms with Gasteiger partial charge in [0.15, 0.2) is 0 Å². The standard InChI is InChI=1S/C7H7BrO3/c1-10-7(9)5-2-6(3-8)11-4-5/h2,4H,3H2,1H3. The first-order valence-corrected chi connectivity index (χ1v) is 4.11. The van der Waals surface area contributed by atoms with Gasteiger partial charge in [-0.15, -0.1) is 0 Å². The molecule has 1 aromatic heterocycles. The van der Waals surface area contributed by atoms with Crippen LogP contribution in [0.25, 0.3) is 0 Å². The van der Waals surface area contributed by atoms with E-state index in [2.05, 4.69) is 20.7 Å². The van der Waals surface area contributed by atoms with Gasteiger partial charge in [-0.2, -0.15) is 0 Å². The maximum Gasteiger partial charge on any atom is 0.341 e. The number of alkyl halides is 1. The van der Waals surface area contributed by atoms with Crippen molar-refractivity contribution >= 4 is 21.9 Å². The Hall–Kier alpha value is -0.770. The number of hydrogen-bond acceptors (Lipinski definition) is 3. The fourth-order valence-electron chi connectivity index (χ4n) is 0.676. The van der Waals surface area contributed by atoms with E-state index < -0.39 is 0 Å². The Kier molecular flexibility index (Phi) is 2.70.